The standard InChI is InChI=1S/C15H23N5/c1-4-14(16)15(13-5-7-17-8-6-13)19(2)10-12-9-18-20(3)11-12/h5-9,11,14-15H,4,10,16H2,1-3H3. The highest BCUT2D eigenvalue weighted by atomic mass is 15.2. The van der Waals surface area contributed by atoms with E-state index in [4.69, 9.17) is 5.73 Å². The largest absolute Gasteiger partial charge is 0.326 e. The van der Waals surface area contributed by atoms with Crippen LogP contribution in [0.4, 0.5) is 0 Å². The molecular weight excluding hydrogens is 250 g/mol. The molecule has 0 fully saturated rings. The van der Waals surface area contributed by atoms with Gasteiger partial charge in [0.25, 0.3) is 0 Å². The van der Waals surface area contributed by atoms with Gasteiger partial charge < -0.3 is 5.73 Å². The fraction of sp³-hybridized carbons (Fsp3) is 0.467. The smallest absolute Gasteiger partial charge is 0.0534 e. The first-order chi connectivity index (χ1) is 9.61. The first-order valence-electron chi connectivity index (χ1n) is 6.95. The second-order valence-corrected chi connectivity index (χ2v) is 5.23. The molecule has 2 unspecified atom stereocenters. The van der Waals surface area contributed by atoms with Crippen molar-refractivity contribution in [2.45, 2.75) is 32.0 Å². The molecule has 0 saturated heterocycles. The van der Waals surface area contributed by atoms with Gasteiger partial charge in [0, 0.05) is 43.8 Å². The molecule has 5 nitrogen and oxygen atoms in total. The summed E-state index contributed by atoms with van der Waals surface area (Å²) in [5.41, 5.74) is 8.73. The van der Waals surface area contributed by atoms with E-state index >= 15 is 0 Å². The van der Waals surface area contributed by atoms with Gasteiger partial charge in [0.2, 0.25) is 0 Å². The predicted molar refractivity (Wildman–Crippen MR) is 79.9 cm³/mol. The van der Waals surface area contributed by atoms with E-state index in [0.717, 1.165) is 13.0 Å². The Bertz CT molecular complexity index is 522. The molecule has 0 aromatic carbocycles. The van der Waals surface area contributed by atoms with Crippen LogP contribution in [0.5, 0.6) is 0 Å². The van der Waals surface area contributed by atoms with Crippen LogP contribution in [0.1, 0.15) is 30.5 Å². The van der Waals surface area contributed by atoms with Gasteiger partial charge in [-0.3, -0.25) is 14.6 Å². The zero-order chi connectivity index (χ0) is 14.5. The minimum Gasteiger partial charge on any atom is -0.326 e. The van der Waals surface area contributed by atoms with Crippen molar-refractivity contribution in [3.63, 3.8) is 0 Å². The van der Waals surface area contributed by atoms with E-state index < -0.39 is 0 Å². The Hall–Kier alpha value is -1.72. The maximum absolute atomic E-state index is 6.33. The normalized spacial score (nSPS) is 14.4. The van der Waals surface area contributed by atoms with Crippen molar-refractivity contribution in [2.75, 3.05) is 7.05 Å². The Morgan fingerprint density at radius 3 is 2.60 bits per heavy atom. The maximum Gasteiger partial charge on any atom is 0.0534 e. The molecule has 108 valence electrons. The number of aryl methyl sites for hydroxylation is 1. The highest BCUT2D eigenvalue weighted by Gasteiger charge is 2.23. The Morgan fingerprint density at radius 2 is 2.05 bits per heavy atom. The first kappa shape index (κ1) is 14.7. The minimum atomic E-state index is 0.0964. The minimum absolute atomic E-state index is 0.0964. The van der Waals surface area contributed by atoms with Crippen molar-refractivity contribution in [3.8, 4) is 0 Å². The zero-order valence-corrected chi connectivity index (χ0v) is 12.4. The monoisotopic (exact) mass is 273 g/mol. The van der Waals surface area contributed by atoms with Crippen molar-refractivity contribution in [3.05, 3.63) is 48.0 Å². The molecule has 2 aromatic heterocycles. The molecule has 0 aliphatic heterocycles. The molecule has 2 atom stereocenters. The summed E-state index contributed by atoms with van der Waals surface area (Å²) in [6, 6.07) is 4.36. The van der Waals surface area contributed by atoms with Crippen LogP contribution in [0, 0.1) is 0 Å². The molecule has 2 heterocycles. The van der Waals surface area contributed by atoms with Gasteiger partial charge in [0.05, 0.1) is 12.2 Å². The molecule has 0 bridgehead atoms. The van der Waals surface area contributed by atoms with Crippen molar-refractivity contribution in [2.24, 2.45) is 12.8 Å². The van der Waals surface area contributed by atoms with Gasteiger partial charge in [-0.15, -0.1) is 0 Å². The van der Waals surface area contributed by atoms with Gasteiger partial charge in [0.15, 0.2) is 0 Å². The van der Waals surface area contributed by atoms with E-state index in [2.05, 4.69) is 29.0 Å². The predicted octanol–water partition coefficient (Wildman–Crippen LogP) is 1.73. The zero-order valence-electron chi connectivity index (χ0n) is 12.4. The van der Waals surface area contributed by atoms with Crippen LogP contribution >= 0.6 is 0 Å². The van der Waals surface area contributed by atoms with Crippen LogP contribution in [0.2, 0.25) is 0 Å². The third kappa shape index (κ3) is 3.43. The summed E-state index contributed by atoms with van der Waals surface area (Å²) in [7, 11) is 4.04. The Morgan fingerprint density at radius 1 is 1.35 bits per heavy atom. The maximum atomic E-state index is 6.33. The van der Waals surface area contributed by atoms with Gasteiger partial charge >= 0.3 is 0 Å². The number of pyridine rings is 1. The number of nitrogens with two attached hydrogens (primary N) is 1. The Balaban J connectivity index is 2.18. The summed E-state index contributed by atoms with van der Waals surface area (Å²) in [4.78, 5) is 6.37. The fourth-order valence-corrected chi connectivity index (χ4v) is 2.55. The van der Waals surface area contributed by atoms with Crippen molar-refractivity contribution < 1.29 is 0 Å². The SMILES string of the molecule is CCC(N)C(c1ccncc1)N(C)Cc1cnn(C)c1. The number of rotatable bonds is 6. The molecule has 0 aliphatic carbocycles. The summed E-state index contributed by atoms with van der Waals surface area (Å²) < 4.78 is 1.82. The number of nitrogens with zero attached hydrogens (tertiary/aromatic N) is 4. The molecule has 0 aliphatic rings. The second-order valence-electron chi connectivity index (χ2n) is 5.23. The summed E-state index contributed by atoms with van der Waals surface area (Å²) in [5.74, 6) is 0. The molecule has 2 N–H and O–H groups in total. The van der Waals surface area contributed by atoms with Gasteiger partial charge in [-0.2, -0.15) is 5.10 Å². The quantitative estimate of drug-likeness (QED) is 0.870. The molecule has 20 heavy (non-hydrogen) atoms. The van der Waals surface area contributed by atoms with Crippen LogP contribution < -0.4 is 5.73 Å². The lowest BCUT2D eigenvalue weighted by Gasteiger charge is -2.32. The lowest BCUT2D eigenvalue weighted by Crippen LogP contribution is -2.38. The highest BCUT2D eigenvalue weighted by molar-refractivity contribution is 5.18. The summed E-state index contributed by atoms with van der Waals surface area (Å²) in [6.07, 6.45) is 8.52. The molecular formula is C15H23N5. The third-order valence-electron chi connectivity index (χ3n) is 3.59. The van der Waals surface area contributed by atoms with Crippen LogP contribution in [-0.2, 0) is 13.6 Å². The van der Waals surface area contributed by atoms with E-state index in [0.29, 0.717) is 0 Å². The van der Waals surface area contributed by atoms with Crippen LogP contribution in [0.25, 0.3) is 0 Å². The molecule has 2 aromatic rings. The summed E-state index contributed by atoms with van der Waals surface area (Å²) in [6.45, 7) is 2.95. The van der Waals surface area contributed by atoms with Gasteiger partial charge in [-0.1, -0.05) is 6.92 Å². The van der Waals surface area contributed by atoms with Gasteiger partial charge in [-0.25, -0.2) is 0 Å². The lowest BCUT2D eigenvalue weighted by atomic mass is 9.97. The fourth-order valence-electron chi connectivity index (χ4n) is 2.55. The van der Waals surface area contributed by atoms with E-state index in [-0.39, 0.29) is 12.1 Å². The van der Waals surface area contributed by atoms with Gasteiger partial charge in [0.1, 0.15) is 0 Å². The number of likely N-dealkylation sites (N-methyl/N-ethyl adjacent to an activating group) is 1. The molecule has 0 spiro atoms. The number of hydrogen-bond donors (Lipinski definition) is 1. The molecule has 5 heteroatoms. The lowest BCUT2D eigenvalue weighted by molar-refractivity contribution is 0.201. The van der Waals surface area contributed by atoms with Crippen LogP contribution in [-0.4, -0.2) is 32.8 Å². The van der Waals surface area contributed by atoms with E-state index in [1.54, 1.807) is 0 Å². The Labute approximate surface area is 120 Å². The average molecular weight is 273 g/mol. The van der Waals surface area contributed by atoms with Crippen LogP contribution in [0.3, 0.4) is 0 Å². The van der Waals surface area contributed by atoms with Crippen molar-refractivity contribution >= 4 is 0 Å². The van der Waals surface area contributed by atoms with E-state index in [1.165, 1.54) is 11.1 Å². The third-order valence-corrected chi connectivity index (χ3v) is 3.59. The van der Waals surface area contributed by atoms with Gasteiger partial charge in [-0.05, 0) is 31.2 Å². The molecule has 0 amide bonds. The van der Waals surface area contributed by atoms with Crippen molar-refractivity contribution in [1.82, 2.24) is 19.7 Å². The topological polar surface area (TPSA) is 60.0 Å². The van der Waals surface area contributed by atoms with Crippen LogP contribution in [0.15, 0.2) is 36.9 Å². The highest BCUT2D eigenvalue weighted by Crippen LogP contribution is 2.24. The Kier molecular flexibility index (Phi) is 4.87. The van der Waals surface area contributed by atoms with E-state index in [9.17, 15) is 0 Å². The van der Waals surface area contributed by atoms with E-state index in [1.807, 2.05) is 48.6 Å². The summed E-state index contributed by atoms with van der Waals surface area (Å²) >= 11 is 0. The van der Waals surface area contributed by atoms with Crippen molar-refractivity contribution in [1.29, 1.82) is 0 Å². The first-order valence-corrected chi connectivity index (χ1v) is 6.95. The average Bonchev–Trinajstić information content (AvgIpc) is 2.85. The summed E-state index contributed by atoms with van der Waals surface area (Å²) in [5, 5.41) is 4.22. The number of hydrogen-bond acceptors (Lipinski definition) is 4. The number of aromatic nitrogens is 3. The molecule has 2 rings (SSSR count). The second kappa shape index (κ2) is 6.63. The molecule has 0 radical (unpaired) electrons. The molecule has 0 saturated carbocycles.